The van der Waals surface area contributed by atoms with Gasteiger partial charge in [0.15, 0.2) is 0 Å². The van der Waals surface area contributed by atoms with E-state index in [0.29, 0.717) is 32.8 Å². The van der Waals surface area contributed by atoms with Crippen LogP contribution in [0.15, 0.2) is 0 Å². The largest absolute Gasteiger partial charge is 0.383 e. The second kappa shape index (κ2) is 7.22. The van der Waals surface area contributed by atoms with Crippen molar-refractivity contribution in [1.82, 2.24) is 9.80 Å². The second-order valence-electron chi connectivity index (χ2n) is 6.17. The third kappa shape index (κ3) is 3.95. The van der Waals surface area contributed by atoms with Crippen molar-refractivity contribution in [3.05, 3.63) is 0 Å². The maximum absolute atomic E-state index is 12.7. The zero-order valence-corrected chi connectivity index (χ0v) is 13.1. The number of methoxy groups -OCH3 is 1. The van der Waals surface area contributed by atoms with E-state index in [1.165, 1.54) is 0 Å². The van der Waals surface area contributed by atoms with E-state index in [9.17, 15) is 9.59 Å². The standard InChI is InChI=1S/C15H26N2O4/c1-15(5-3-9-21-12-15)14(19)17-7-4-6-16(8-10-20-2)13(18)11-17/h3-12H2,1-2H3. The van der Waals surface area contributed by atoms with Crippen LogP contribution in [0.3, 0.4) is 0 Å². The molecule has 0 aromatic carbocycles. The first kappa shape index (κ1) is 16.2. The highest BCUT2D eigenvalue weighted by Crippen LogP contribution is 2.30. The summed E-state index contributed by atoms with van der Waals surface area (Å²) in [7, 11) is 1.63. The highest BCUT2D eigenvalue weighted by Gasteiger charge is 2.39. The molecule has 1 atom stereocenters. The van der Waals surface area contributed by atoms with Crippen molar-refractivity contribution in [1.29, 1.82) is 0 Å². The molecule has 6 heteroatoms. The molecule has 0 spiro atoms. The van der Waals surface area contributed by atoms with Crippen LogP contribution in [0.2, 0.25) is 0 Å². The fraction of sp³-hybridized carbons (Fsp3) is 0.867. The van der Waals surface area contributed by atoms with Crippen molar-refractivity contribution in [3.8, 4) is 0 Å². The molecule has 0 saturated carbocycles. The molecule has 0 radical (unpaired) electrons. The average molecular weight is 298 g/mol. The molecule has 0 bridgehead atoms. The average Bonchev–Trinajstić information content (AvgIpc) is 2.67. The highest BCUT2D eigenvalue weighted by atomic mass is 16.5. The van der Waals surface area contributed by atoms with Crippen molar-refractivity contribution < 1.29 is 19.1 Å². The van der Waals surface area contributed by atoms with Crippen molar-refractivity contribution in [2.75, 3.05) is 53.1 Å². The lowest BCUT2D eigenvalue weighted by atomic mass is 9.83. The molecule has 1 unspecified atom stereocenters. The Morgan fingerprint density at radius 1 is 1.38 bits per heavy atom. The molecule has 21 heavy (non-hydrogen) atoms. The number of hydrogen-bond acceptors (Lipinski definition) is 4. The van der Waals surface area contributed by atoms with Gasteiger partial charge in [-0.25, -0.2) is 0 Å². The first-order valence-electron chi connectivity index (χ1n) is 7.71. The van der Waals surface area contributed by atoms with E-state index in [1.54, 1.807) is 16.9 Å². The first-order chi connectivity index (χ1) is 10.1. The van der Waals surface area contributed by atoms with Crippen LogP contribution in [-0.2, 0) is 19.1 Å². The van der Waals surface area contributed by atoms with E-state index >= 15 is 0 Å². The molecule has 2 rings (SSSR count). The van der Waals surface area contributed by atoms with Gasteiger partial charge in [0, 0.05) is 33.4 Å². The van der Waals surface area contributed by atoms with Gasteiger partial charge in [0.25, 0.3) is 0 Å². The van der Waals surface area contributed by atoms with Gasteiger partial charge in [-0.2, -0.15) is 0 Å². The molecule has 2 saturated heterocycles. The van der Waals surface area contributed by atoms with Crippen LogP contribution in [-0.4, -0.2) is 74.7 Å². The van der Waals surface area contributed by atoms with Gasteiger partial charge >= 0.3 is 0 Å². The van der Waals surface area contributed by atoms with Gasteiger partial charge in [-0.15, -0.1) is 0 Å². The Bertz CT molecular complexity index is 380. The molecule has 0 aromatic rings. The van der Waals surface area contributed by atoms with Crippen molar-refractivity contribution >= 4 is 11.8 Å². The number of ether oxygens (including phenoxy) is 2. The van der Waals surface area contributed by atoms with E-state index in [0.717, 1.165) is 25.9 Å². The van der Waals surface area contributed by atoms with E-state index in [1.807, 2.05) is 6.92 Å². The molecule has 2 aliphatic rings. The Morgan fingerprint density at radius 2 is 2.19 bits per heavy atom. The predicted molar refractivity (Wildman–Crippen MR) is 77.8 cm³/mol. The summed E-state index contributed by atoms with van der Waals surface area (Å²) >= 11 is 0. The Morgan fingerprint density at radius 3 is 2.86 bits per heavy atom. The highest BCUT2D eigenvalue weighted by molar-refractivity contribution is 5.88. The summed E-state index contributed by atoms with van der Waals surface area (Å²) in [4.78, 5) is 28.5. The smallest absolute Gasteiger partial charge is 0.242 e. The summed E-state index contributed by atoms with van der Waals surface area (Å²) in [6, 6.07) is 0. The molecule has 2 fully saturated rings. The quantitative estimate of drug-likeness (QED) is 0.759. The summed E-state index contributed by atoms with van der Waals surface area (Å²) in [5, 5.41) is 0. The van der Waals surface area contributed by atoms with Gasteiger partial charge < -0.3 is 19.3 Å². The number of nitrogens with zero attached hydrogens (tertiary/aromatic N) is 2. The van der Waals surface area contributed by atoms with E-state index in [2.05, 4.69) is 0 Å². The lowest BCUT2D eigenvalue weighted by Gasteiger charge is -2.36. The van der Waals surface area contributed by atoms with Crippen LogP contribution < -0.4 is 0 Å². The third-order valence-corrected chi connectivity index (χ3v) is 4.34. The molecule has 120 valence electrons. The lowest BCUT2D eigenvalue weighted by molar-refractivity contribution is -0.151. The molecule has 0 aliphatic carbocycles. The van der Waals surface area contributed by atoms with Gasteiger partial charge in [0.05, 0.1) is 25.2 Å². The maximum atomic E-state index is 12.7. The molecule has 2 aliphatic heterocycles. The van der Waals surface area contributed by atoms with E-state index < -0.39 is 5.41 Å². The second-order valence-corrected chi connectivity index (χ2v) is 6.17. The lowest BCUT2D eigenvalue weighted by Crippen LogP contribution is -2.49. The Kier molecular flexibility index (Phi) is 5.58. The molecular weight excluding hydrogens is 272 g/mol. The predicted octanol–water partition coefficient (Wildman–Crippen LogP) is 0.510. The molecule has 6 nitrogen and oxygen atoms in total. The van der Waals surface area contributed by atoms with Crippen LogP contribution in [0.4, 0.5) is 0 Å². The fourth-order valence-electron chi connectivity index (χ4n) is 3.02. The van der Waals surface area contributed by atoms with Crippen molar-refractivity contribution in [3.63, 3.8) is 0 Å². The Labute approximate surface area is 126 Å². The summed E-state index contributed by atoms with van der Waals surface area (Å²) in [6.45, 7) is 5.78. The molecular formula is C15H26N2O4. The van der Waals surface area contributed by atoms with E-state index in [4.69, 9.17) is 9.47 Å². The van der Waals surface area contributed by atoms with Gasteiger partial charge in [-0.05, 0) is 26.2 Å². The van der Waals surface area contributed by atoms with Gasteiger partial charge in [0.1, 0.15) is 0 Å². The number of amides is 2. The van der Waals surface area contributed by atoms with Crippen LogP contribution in [0, 0.1) is 5.41 Å². The van der Waals surface area contributed by atoms with Crippen LogP contribution >= 0.6 is 0 Å². The fourth-order valence-corrected chi connectivity index (χ4v) is 3.02. The van der Waals surface area contributed by atoms with Crippen molar-refractivity contribution in [2.45, 2.75) is 26.2 Å². The van der Waals surface area contributed by atoms with Crippen molar-refractivity contribution in [2.24, 2.45) is 5.41 Å². The maximum Gasteiger partial charge on any atom is 0.242 e. The first-order valence-corrected chi connectivity index (χ1v) is 7.71. The molecule has 2 amide bonds. The Balaban J connectivity index is 1.97. The minimum atomic E-state index is -0.472. The number of carbonyl (C=O) groups is 2. The third-order valence-electron chi connectivity index (χ3n) is 4.34. The van der Waals surface area contributed by atoms with Gasteiger partial charge in [-0.1, -0.05) is 0 Å². The molecule has 0 N–H and O–H groups in total. The normalized spacial score (nSPS) is 27.6. The summed E-state index contributed by atoms with van der Waals surface area (Å²) in [6.07, 6.45) is 2.56. The summed E-state index contributed by atoms with van der Waals surface area (Å²) in [5.74, 6) is 0.0716. The zero-order chi connectivity index (χ0) is 15.3. The van der Waals surface area contributed by atoms with Crippen LogP contribution in [0.5, 0.6) is 0 Å². The molecule has 2 heterocycles. The van der Waals surface area contributed by atoms with Crippen LogP contribution in [0.25, 0.3) is 0 Å². The number of rotatable bonds is 4. The van der Waals surface area contributed by atoms with E-state index in [-0.39, 0.29) is 18.4 Å². The SMILES string of the molecule is COCCN1CCCN(C(=O)C2(C)CCCOC2)CC1=O. The minimum absolute atomic E-state index is 0.0122. The van der Waals surface area contributed by atoms with Gasteiger partial charge in [0.2, 0.25) is 11.8 Å². The summed E-state index contributed by atoms with van der Waals surface area (Å²) < 4.78 is 10.5. The zero-order valence-electron chi connectivity index (χ0n) is 13.1. The summed E-state index contributed by atoms with van der Waals surface area (Å²) in [5.41, 5.74) is -0.472. The number of hydrogen-bond donors (Lipinski definition) is 0. The Hall–Kier alpha value is -1.14. The monoisotopic (exact) mass is 298 g/mol. The molecule has 0 aromatic heterocycles. The number of carbonyl (C=O) groups excluding carboxylic acids is 2. The minimum Gasteiger partial charge on any atom is -0.383 e. The van der Waals surface area contributed by atoms with Crippen LogP contribution in [0.1, 0.15) is 26.2 Å². The van der Waals surface area contributed by atoms with Gasteiger partial charge in [-0.3, -0.25) is 9.59 Å². The topological polar surface area (TPSA) is 59.1 Å².